The van der Waals surface area contributed by atoms with Gasteiger partial charge in [0, 0.05) is 25.3 Å². The molecule has 0 amide bonds. The Labute approximate surface area is 122 Å². The van der Waals surface area contributed by atoms with Crippen LogP contribution < -0.4 is 16.6 Å². The summed E-state index contributed by atoms with van der Waals surface area (Å²) in [5.74, 6) is 0. The van der Waals surface area contributed by atoms with Gasteiger partial charge in [0.1, 0.15) is 5.65 Å². The number of pyridine rings is 1. The first-order chi connectivity index (χ1) is 10.2. The number of aryl methyl sites for hydroxylation is 1. The van der Waals surface area contributed by atoms with Crippen molar-refractivity contribution >= 4 is 11.0 Å². The van der Waals surface area contributed by atoms with Gasteiger partial charge in [0.25, 0.3) is 5.56 Å². The number of rotatable bonds is 6. The lowest BCUT2D eigenvalue weighted by molar-refractivity contribution is 0.612. The molecule has 0 spiro atoms. The Hall–Kier alpha value is -1.95. The lowest BCUT2D eigenvalue weighted by Gasteiger charge is -2.09. The maximum absolute atomic E-state index is 12.0. The second-order valence-corrected chi connectivity index (χ2v) is 5.63. The second-order valence-electron chi connectivity index (χ2n) is 5.63. The summed E-state index contributed by atoms with van der Waals surface area (Å²) in [5, 5.41) is 3.88. The molecule has 0 radical (unpaired) electrons. The molecule has 2 N–H and O–H groups in total. The minimum Gasteiger partial charge on any atom is -0.310 e. The topological polar surface area (TPSA) is 79.8 Å². The predicted molar refractivity (Wildman–Crippen MR) is 81.4 cm³/mol. The fraction of sp³-hybridized carbons (Fsp3) is 0.533. The van der Waals surface area contributed by atoms with Crippen LogP contribution in [0.15, 0.2) is 21.9 Å². The molecular formula is C15H20N4O2. The fourth-order valence-electron chi connectivity index (χ4n) is 2.38. The monoisotopic (exact) mass is 288 g/mol. The lowest BCUT2D eigenvalue weighted by atomic mass is 10.2. The van der Waals surface area contributed by atoms with Gasteiger partial charge >= 0.3 is 5.69 Å². The van der Waals surface area contributed by atoms with Crippen molar-refractivity contribution in [3.63, 3.8) is 0 Å². The summed E-state index contributed by atoms with van der Waals surface area (Å²) in [6.07, 6.45) is 6.06. The van der Waals surface area contributed by atoms with E-state index >= 15 is 0 Å². The highest BCUT2D eigenvalue weighted by molar-refractivity contribution is 5.74. The minimum absolute atomic E-state index is 0.358. The molecule has 1 fully saturated rings. The number of hydrogen-bond acceptors (Lipinski definition) is 4. The summed E-state index contributed by atoms with van der Waals surface area (Å²) in [4.78, 5) is 30.7. The molecule has 0 atom stereocenters. The molecule has 1 saturated carbocycles. The van der Waals surface area contributed by atoms with Gasteiger partial charge in [0.05, 0.1) is 5.39 Å². The van der Waals surface area contributed by atoms with E-state index in [0.29, 0.717) is 30.2 Å². The summed E-state index contributed by atoms with van der Waals surface area (Å²) >= 11 is 0. The summed E-state index contributed by atoms with van der Waals surface area (Å²) < 4.78 is 1.55. The van der Waals surface area contributed by atoms with E-state index in [2.05, 4.69) is 22.2 Å². The molecule has 0 unspecified atom stereocenters. The lowest BCUT2D eigenvalue weighted by Crippen LogP contribution is -2.31. The van der Waals surface area contributed by atoms with Gasteiger partial charge in [-0.15, -0.1) is 0 Å². The number of hydrogen-bond donors (Lipinski definition) is 2. The van der Waals surface area contributed by atoms with Gasteiger partial charge in [-0.05, 0) is 30.9 Å². The highest BCUT2D eigenvalue weighted by atomic mass is 16.2. The standard InChI is InChI=1S/C15H20N4O2/c1-2-3-6-19-13-12(14(20)18-15(19)21)7-10(9-17-13)8-16-11-4-5-11/h7,9,11,16H,2-6,8H2,1H3,(H,18,20,21). The summed E-state index contributed by atoms with van der Waals surface area (Å²) in [5.41, 5.74) is 0.716. The summed E-state index contributed by atoms with van der Waals surface area (Å²) in [6, 6.07) is 2.44. The van der Waals surface area contributed by atoms with Crippen LogP contribution >= 0.6 is 0 Å². The molecule has 3 rings (SSSR count). The molecule has 0 saturated heterocycles. The van der Waals surface area contributed by atoms with Crippen molar-refractivity contribution in [2.75, 3.05) is 0 Å². The second kappa shape index (κ2) is 5.81. The fourth-order valence-corrected chi connectivity index (χ4v) is 2.38. The molecule has 1 aliphatic carbocycles. The van der Waals surface area contributed by atoms with Crippen molar-refractivity contribution in [2.24, 2.45) is 0 Å². The molecule has 6 heteroatoms. The van der Waals surface area contributed by atoms with Gasteiger partial charge in [-0.25, -0.2) is 9.78 Å². The van der Waals surface area contributed by atoms with Crippen LogP contribution in [-0.4, -0.2) is 20.6 Å². The molecule has 2 aromatic rings. The number of aromatic nitrogens is 3. The molecule has 1 aliphatic rings. The van der Waals surface area contributed by atoms with Crippen LogP contribution in [0.4, 0.5) is 0 Å². The first-order valence-corrected chi connectivity index (χ1v) is 7.54. The smallest absolute Gasteiger partial charge is 0.310 e. The van der Waals surface area contributed by atoms with Gasteiger partial charge in [-0.3, -0.25) is 14.3 Å². The van der Waals surface area contributed by atoms with Gasteiger partial charge in [-0.1, -0.05) is 13.3 Å². The van der Waals surface area contributed by atoms with Crippen LogP contribution in [0, 0.1) is 0 Å². The molecule has 21 heavy (non-hydrogen) atoms. The van der Waals surface area contributed by atoms with E-state index in [9.17, 15) is 9.59 Å². The van der Waals surface area contributed by atoms with Crippen LogP contribution in [0.1, 0.15) is 38.2 Å². The van der Waals surface area contributed by atoms with Crippen molar-refractivity contribution in [1.29, 1.82) is 0 Å². The summed E-state index contributed by atoms with van der Waals surface area (Å²) in [6.45, 7) is 3.35. The molecule has 2 aromatic heterocycles. The zero-order valence-corrected chi connectivity index (χ0v) is 12.2. The number of nitrogens with zero attached hydrogens (tertiary/aromatic N) is 2. The SMILES string of the molecule is CCCCn1c(=O)[nH]c(=O)c2cc(CNC3CC3)cnc21. The minimum atomic E-state index is -0.377. The maximum Gasteiger partial charge on any atom is 0.329 e. The Morgan fingerprint density at radius 2 is 2.24 bits per heavy atom. The van der Waals surface area contributed by atoms with Gasteiger partial charge < -0.3 is 5.32 Å². The Bertz CT molecular complexity index is 758. The van der Waals surface area contributed by atoms with E-state index in [-0.39, 0.29) is 11.2 Å². The molecule has 0 bridgehead atoms. The van der Waals surface area contributed by atoms with E-state index in [0.717, 1.165) is 18.4 Å². The number of nitrogens with one attached hydrogen (secondary N) is 2. The van der Waals surface area contributed by atoms with E-state index in [1.807, 2.05) is 6.07 Å². The molecule has 0 aliphatic heterocycles. The zero-order chi connectivity index (χ0) is 14.8. The Morgan fingerprint density at radius 1 is 1.43 bits per heavy atom. The molecule has 112 valence electrons. The molecule has 2 heterocycles. The Kier molecular flexibility index (Phi) is 3.88. The zero-order valence-electron chi connectivity index (χ0n) is 12.2. The number of fused-ring (bicyclic) bond motifs is 1. The van der Waals surface area contributed by atoms with Crippen molar-refractivity contribution in [2.45, 2.75) is 51.7 Å². The molecule has 6 nitrogen and oxygen atoms in total. The molecule has 0 aromatic carbocycles. The van der Waals surface area contributed by atoms with Crippen LogP contribution in [-0.2, 0) is 13.1 Å². The summed E-state index contributed by atoms with van der Waals surface area (Å²) in [7, 11) is 0. The van der Waals surface area contributed by atoms with Crippen LogP contribution in [0.2, 0.25) is 0 Å². The highest BCUT2D eigenvalue weighted by Gasteiger charge is 2.20. The van der Waals surface area contributed by atoms with Crippen LogP contribution in [0.3, 0.4) is 0 Å². The normalized spacial score (nSPS) is 14.7. The third kappa shape index (κ3) is 3.05. The van der Waals surface area contributed by atoms with E-state index in [4.69, 9.17) is 0 Å². The van der Waals surface area contributed by atoms with E-state index in [1.165, 1.54) is 12.8 Å². The Morgan fingerprint density at radius 3 is 2.95 bits per heavy atom. The van der Waals surface area contributed by atoms with Crippen molar-refractivity contribution in [1.82, 2.24) is 19.9 Å². The predicted octanol–water partition coefficient (Wildman–Crippen LogP) is 1.14. The largest absolute Gasteiger partial charge is 0.329 e. The Balaban J connectivity index is 1.99. The number of aromatic amines is 1. The van der Waals surface area contributed by atoms with Gasteiger partial charge in [0.2, 0.25) is 0 Å². The van der Waals surface area contributed by atoms with E-state index in [1.54, 1.807) is 10.8 Å². The average molecular weight is 288 g/mol. The number of H-pyrrole nitrogens is 1. The van der Waals surface area contributed by atoms with E-state index < -0.39 is 0 Å². The average Bonchev–Trinajstić information content (AvgIpc) is 3.29. The van der Waals surface area contributed by atoms with Gasteiger partial charge in [-0.2, -0.15) is 0 Å². The number of unbranched alkanes of at least 4 members (excludes halogenated alkanes) is 1. The van der Waals surface area contributed by atoms with Crippen LogP contribution in [0.25, 0.3) is 11.0 Å². The first-order valence-electron chi connectivity index (χ1n) is 7.54. The third-order valence-corrected chi connectivity index (χ3v) is 3.80. The van der Waals surface area contributed by atoms with Crippen molar-refractivity contribution in [3.8, 4) is 0 Å². The molecular weight excluding hydrogens is 268 g/mol. The quantitative estimate of drug-likeness (QED) is 0.835. The van der Waals surface area contributed by atoms with Gasteiger partial charge in [0.15, 0.2) is 0 Å². The first kappa shape index (κ1) is 14.0. The van der Waals surface area contributed by atoms with Crippen molar-refractivity contribution < 1.29 is 0 Å². The maximum atomic E-state index is 12.0. The van der Waals surface area contributed by atoms with Crippen LogP contribution in [0.5, 0.6) is 0 Å². The van der Waals surface area contributed by atoms with Crippen molar-refractivity contribution in [3.05, 3.63) is 38.7 Å². The highest BCUT2D eigenvalue weighted by Crippen LogP contribution is 2.19. The third-order valence-electron chi connectivity index (χ3n) is 3.80.